The number of allylic oxidation sites excluding steroid dienone is 8. The van der Waals surface area contributed by atoms with Crippen LogP contribution in [0.3, 0.4) is 0 Å². The zero-order valence-electron chi connectivity index (χ0n) is 28.2. The fourth-order valence-corrected chi connectivity index (χ4v) is 5.56. The van der Waals surface area contributed by atoms with Gasteiger partial charge in [-0.25, -0.2) is 0 Å². The van der Waals surface area contributed by atoms with Gasteiger partial charge < -0.3 is 14.2 Å². The lowest BCUT2D eigenvalue weighted by Gasteiger charge is -2.19. The van der Waals surface area contributed by atoms with Crippen molar-refractivity contribution in [2.24, 2.45) is 0 Å². The van der Waals surface area contributed by atoms with Crippen molar-refractivity contribution in [3.05, 3.63) is 48.6 Å². The molecule has 0 saturated carbocycles. The molecule has 0 amide bonds. The van der Waals surface area contributed by atoms with Crippen LogP contribution in [-0.2, 0) is 14.2 Å². The Balaban J connectivity index is 1.85. The fourth-order valence-electron chi connectivity index (χ4n) is 5.34. The van der Waals surface area contributed by atoms with E-state index in [1.54, 1.807) is 0 Å². The molecule has 0 aromatic rings. The van der Waals surface area contributed by atoms with Crippen molar-refractivity contribution in [3.63, 3.8) is 0 Å². The first-order chi connectivity index (χ1) is 21.4. The van der Waals surface area contributed by atoms with Crippen molar-refractivity contribution < 1.29 is 14.2 Å². The van der Waals surface area contributed by atoms with E-state index in [0.717, 1.165) is 44.6 Å². The molecule has 1 saturated heterocycles. The van der Waals surface area contributed by atoms with Gasteiger partial charge in [-0.2, -0.15) is 12.6 Å². The lowest BCUT2D eigenvalue weighted by atomic mass is 10.1. The molecule has 0 N–H and O–H groups in total. The van der Waals surface area contributed by atoms with Crippen LogP contribution in [0.15, 0.2) is 48.6 Å². The number of ether oxygens (including phenoxy) is 3. The Hall–Kier alpha value is -0.810. The van der Waals surface area contributed by atoms with Crippen LogP contribution >= 0.6 is 12.6 Å². The summed E-state index contributed by atoms with van der Waals surface area (Å²) in [5.74, 6) is 1.00. The summed E-state index contributed by atoms with van der Waals surface area (Å²) in [6, 6.07) is 0. The molecule has 0 radical (unpaired) electrons. The van der Waals surface area contributed by atoms with Gasteiger partial charge in [0, 0.05) is 13.2 Å². The summed E-state index contributed by atoms with van der Waals surface area (Å²) in [6.07, 6.45) is 47.9. The van der Waals surface area contributed by atoms with Gasteiger partial charge in [0.15, 0.2) is 0 Å². The first kappa shape index (κ1) is 40.2. The number of hydrogen-bond acceptors (Lipinski definition) is 4. The summed E-state index contributed by atoms with van der Waals surface area (Å²) in [4.78, 5) is 0. The quantitative estimate of drug-likeness (QED) is 0.0462. The van der Waals surface area contributed by atoms with Crippen molar-refractivity contribution in [2.75, 3.05) is 32.2 Å². The average molecular weight is 619 g/mol. The Bertz CT molecular complexity index is 615. The van der Waals surface area contributed by atoms with Crippen LogP contribution in [0, 0.1) is 0 Å². The lowest BCUT2D eigenvalue weighted by molar-refractivity contribution is -0.0481. The highest BCUT2D eigenvalue weighted by molar-refractivity contribution is 7.80. The van der Waals surface area contributed by atoms with Crippen LogP contribution in [0.2, 0.25) is 0 Å². The SMILES string of the molecule is CCCCC/C=C\C/C=C\CCCCCCCCOC1COC[C@@H]1OCCCCCCCC/C=C\C/C=C\CCCCS. The number of hydrogen-bond donors (Lipinski definition) is 1. The molecule has 0 bridgehead atoms. The molecule has 43 heavy (non-hydrogen) atoms. The lowest BCUT2D eigenvalue weighted by Crippen LogP contribution is -2.30. The van der Waals surface area contributed by atoms with Crippen molar-refractivity contribution in [1.29, 1.82) is 0 Å². The third-order valence-corrected chi connectivity index (χ3v) is 8.45. The van der Waals surface area contributed by atoms with Crippen LogP contribution in [0.25, 0.3) is 0 Å². The Labute approximate surface area is 273 Å². The second-order valence-corrected chi connectivity index (χ2v) is 12.7. The predicted octanol–water partition coefficient (Wildman–Crippen LogP) is 11.9. The van der Waals surface area contributed by atoms with Crippen LogP contribution < -0.4 is 0 Å². The summed E-state index contributed by atoms with van der Waals surface area (Å²) in [5, 5.41) is 0. The van der Waals surface area contributed by atoms with Crippen molar-refractivity contribution in [3.8, 4) is 0 Å². The Kier molecular flexibility index (Phi) is 31.9. The molecule has 1 aliphatic rings. The van der Waals surface area contributed by atoms with Gasteiger partial charge in [0.2, 0.25) is 0 Å². The summed E-state index contributed by atoms with van der Waals surface area (Å²) in [5.41, 5.74) is 0. The third-order valence-electron chi connectivity index (χ3n) is 8.14. The van der Waals surface area contributed by atoms with E-state index in [9.17, 15) is 0 Å². The highest BCUT2D eigenvalue weighted by atomic mass is 32.1. The first-order valence-corrected chi connectivity index (χ1v) is 19.0. The van der Waals surface area contributed by atoms with Gasteiger partial charge in [-0.3, -0.25) is 0 Å². The van der Waals surface area contributed by atoms with Crippen LogP contribution in [-0.4, -0.2) is 44.4 Å². The third kappa shape index (κ3) is 28.4. The van der Waals surface area contributed by atoms with E-state index in [0.29, 0.717) is 13.2 Å². The maximum atomic E-state index is 6.14. The smallest absolute Gasteiger partial charge is 0.109 e. The van der Waals surface area contributed by atoms with Crippen molar-refractivity contribution in [2.45, 2.75) is 167 Å². The minimum Gasteiger partial charge on any atom is -0.376 e. The normalized spacial score (nSPS) is 17.6. The zero-order valence-corrected chi connectivity index (χ0v) is 29.1. The molecule has 0 aromatic heterocycles. The molecule has 2 atom stereocenters. The van der Waals surface area contributed by atoms with Gasteiger partial charge in [0.25, 0.3) is 0 Å². The zero-order chi connectivity index (χ0) is 30.7. The molecule has 3 nitrogen and oxygen atoms in total. The highest BCUT2D eigenvalue weighted by Gasteiger charge is 2.29. The maximum Gasteiger partial charge on any atom is 0.109 e. The molecule has 0 aliphatic carbocycles. The molecule has 1 unspecified atom stereocenters. The Morgan fingerprint density at radius 1 is 0.488 bits per heavy atom. The largest absolute Gasteiger partial charge is 0.376 e. The molecule has 1 rings (SSSR count). The van der Waals surface area contributed by atoms with Gasteiger partial charge in [-0.05, 0) is 89.2 Å². The van der Waals surface area contributed by atoms with Crippen molar-refractivity contribution >= 4 is 12.6 Å². The van der Waals surface area contributed by atoms with Gasteiger partial charge in [0.05, 0.1) is 13.2 Å². The molecular weight excluding hydrogens is 548 g/mol. The van der Waals surface area contributed by atoms with Crippen LogP contribution in [0.5, 0.6) is 0 Å². The number of rotatable bonds is 32. The minimum atomic E-state index is 0.124. The van der Waals surface area contributed by atoms with Gasteiger partial charge in [0.1, 0.15) is 12.2 Å². The number of unbranched alkanes of at least 4 members (excludes halogenated alkanes) is 17. The van der Waals surface area contributed by atoms with E-state index in [1.807, 2.05) is 0 Å². The molecule has 250 valence electrons. The summed E-state index contributed by atoms with van der Waals surface area (Å²) in [7, 11) is 0. The summed E-state index contributed by atoms with van der Waals surface area (Å²) < 4.78 is 17.9. The Morgan fingerprint density at radius 2 is 0.860 bits per heavy atom. The Morgan fingerprint density at radius 3 is 1.28 bits per heavy atom. The molecule has 4 heteroatoms. The molecule has 0 aromatic carbocycles. The van der Waals surface area contributed by atoms with Crippen molar-refractivity contribution in [1.82, 2.24) is 0 Å². The summed E-state index contributed by atoms with van der Waals surface area (Å²) in [6.45, 7) is 5.31. The second-order valence-electron chi connectivity index (χ2n) is 12.2. The van der Waals surface area contributed by atoms with E-state index in [2.05, 4.69) is 68.2 Å². The predicted molar refractivity (Wildman–Crippen MR) is 193 cm³/mol. The highest BCUT2D eigenvalue weighted by Crippen LogP contribution is 2.16. The second kappa shape index (κ2) is 34.1. The molecular formula is C39H70O3S. The summed E-state index contributed by atoms with van der Waals surface area (Å²) >= 11 is 4.25. The minimum absolute atomic E-state index is 0.124. The van der Waals surface area contributed by atoms with Crippen LogP contribution in [0.1, 0.15) is 155 Å². The van der Waals surface area contributed by atoms with E-state index in [1.165, 1.54) is 122 Å². The molecule has 1 aliphatic heterocycles. The molecule has 1 heterocycles. The number of thiol groups is 1. The molecule has 1 fully saturated rings. The van der Waals surface area contributed by atoms with E-state index < -0.39 is 0 Å². The first-order valence-electron chi connectivity index (χ1n) is 18.4. The van der Waals surface area contributed by atoms with Gasteiger partial charge in [-0.15, -0.1) is 0 Å². The van der Waals surface area contributed by atoms with Gasteiger partial charge in [-0.1, -0.05) is 120 Å². The maximum absolute atomic E-state index is 6.14. The fraction of sp³-hybridized carbons (Fsp3) is 0.795. The van der Waals surface area contributed by atoms with Gasteiger partial charge >= 0.3 is 0 Å². The molecule has 0 spiro atoms. The topological polar surface area (TPSA) is 27.7 Å². The van der Waals surface area contributed by atoms with E-state index in [-0.39, 0.29) is 12.2 Å². The van der Waals surface area contributed by atoms with Crippen LogP contribution in [0.4, 0.5) is 0 Å². The van der Waals surface area contributed by atoms with E-state index >= 15 is 0 Å². The standard InChI is InChI=1S/C39H70O3S/c1-2-3-4-5-6-7-8-9-10-12-15-18-21-24-27-30-33-41-38-36-40-37-39(38)42-34-31-28-25-22-19-16-13-11-14-17-20-23-26-29-32-35-43/h6-7,9-11,14,20,23,38-39,43H,2-5,8,12-13,15-19,21-22,24-37H2,1H3/b7-6-,10-9-,14-11-,23-20-/t38?,39-/m0/s1. The van der Waals surface area contributed by atoms with E-state index in [4.69, 9.17) is 14.2 Å². The average Bonchev–Trinajstić information content (AvgIpc) is 3.47. The monoisotopic (exact) mass is 619 g/mol.